The van der Waals surface area contributed by atoms with Crippen molar-refractivity contribution in [1.29, 1.82) is 0 Å². The second kappa shape index (κ2) is 6.72. The summed E-state index contributed by atoms with van der Waals surface area (Å²) in [6.07, 6.45) is 1.96. The summed E-state index contributed by atoms with van der Waals surface area (Å²) in [5.41, 5.74) is 4.55. The van der Waals surface area contributed by atoms with Crippen LogP contribution >= 0.6 is 15.9 Å². The van der Waals surface area contributed by atoms with Crippen molar-refractivity contribution in [2.75, 3.05) is 21.3 Å². The van der Waals surface area contributed by atoms with Crippen molar-refractivity contribution < 1.29 is 18.6 Å². The third-order valence-corrected chi connectivity index (χ3v) is 5.61. The Morgan fingerprint density at radius 2 is 1.58 bits per heavy atom. The molecule has 3 aromatic rings. The fourth-order valence-corrected chi connectivity index (χ4v) is 4.19. The molecule has 1 aliphatic rings. The first-order valence-electron chi connectivity index (χ1n) is 8.37. The molecule has 4 rings (SSSR count). The van der Waals surface area contributed by atoms with Gasteiger partial charge in [-0.15, -0.1) is 0 Å². The molecule has 134 valence electrons. The van der Waals surface area contributed by atoms with Gasteiger partial charge in [0, 0.05) is 16.7 Å². The largest absolute Gasteiger partial charge is 0.493 e. The molecule has 0 atom stereocenters. The Morgan fingerprint density at radius 1 is 0.885 bits per heavy atom. The van der Waals surface area contributed by atoms with Gasteiger partial charge in [-0.1, -0.05) is 24.3 Å². The van der Waals surface area contributed by atoms with Gasteiger partial charge in [0.2, 0.25) is 5.75 Å². The molecule has 4 nitrogen and oxygen atoms in total. The molecule has 5 heteroatoms. The summed E-state index contributed by atoms with van der Waals surface area (Å²) < 4.78 is 23.7. The molecule has 0 unspecified atom stereocenters. The molecule has 0 saturated heterocycles. The van der Waals surface area contributed by atoms with Crippen molar-refractivity contribution >= 4 is 15.9 Å². The molecule has 0 fully saturated rings. The van der Waals surface area contributed by atoms with E-state index in [0.717, 1.165) is 40.0 Å². The van der Waals surface area contributed by atoms with Crippen molar-refractivity contribution in [2.45, 2.75) is 12.8 Å². The van der Waals surface area contributed by atoms with Crippen LogP contribution in [0.25, 0.3) is 22.6 Å². The minimum absolute atomic E-state index is 0.566. The third kappa shape index (κ3) is 2.58. The van der Waals surface area contributed by atoms with Crippen LogP contribution in [0.2, 0.25) is 0 Å². The minimum Gasteiger partial charge on any atom is -0.493 e. The molecular formula is C21H19BrO4. The van der Waals surface area contributed by atoms with Gasteiger partial charge in [0.1, 0.15) is 11.5 Å². The normalized spacial score (nSPS) is 12.3. The highest BCUT2D eigenvalue weighted by atomic mass is 79.9. The highest BCUT2D eigenvalue weighted by Gasteiger charge is 2.27. The van der Waals surface area contributed by atoms with Gasteiger partial charge in [-0.05, 0) is 46.5 Å². The zero-order chi connectivity index (χ0) is 18.3. The highest BCUT2D eigenvalue weighted by Crippen LogP contribution is 2.48. The van der Waals surface area contributed by atoms with Crippen LogP contribution < -0.4 is 14.2 Å². The summed E-state index contributed by atoms with van der Waals surface area (Å²) in [6, 6.07) is 12.2. The van der Waals surface area contributed by atoms with Crippen LogP contribution in [0.4, 0.5) is 0 Å². The Hall–Kier alpha value is -2.40. The fourth-order valence-electron chi connectivity index (χ4n) is 3.50. The van der Waals surface area contributed by atoms with Gasteiger partial charge in [-0.2, -0.15) is 0 Å². The quantitative estimate of drug-likeness (QED) is 0.564. The summed E-state index contributed by atoms with van der Waals surface area (Å²) >= 11 is 3.75. The maximum absolute atomic E-state index is 6.32. The second-order valence-corrected chi connectivity index (χ2v) is 6.92. The van der Waals surface area contributed by atoms with Crippen LogP contribution in [0.3, 0.4) is 0 Å². The molecule has 0 amide bonds. The van der Waals surface area contributed by atoms with E-state index < -0.39 is 0 Å². The highest BCUT2D eigenvalue weighted by molar-refractivity contribution is 9.10. The lowest BCUT2D eigenvalue weighted by Crippen LogP contribution is -2.01. The Kier molecular flexibility index (Phi) is 4.41. The Bertz CT molecular complexity index is 949. The van der Waals surface area contributed by atoms with Gasteiger partial charge in [0.15, 0.2) is 11.5 Å². The SMILES string of the molecule is COc1cc(-c2oc3c(c2Br)CCc2ccccc2-3)cc(OC)c1OC. The van der Waals surface area contributed by atoms with E-state index in [4.69, 9.17) is 18.6 Å². The van der Waals surface area contributed by atoms with E-state index in [1.807, 2.05) is 18.2 Å². The minimum atomic E-state index is 0.566. The number of hydrogen-bond acceptors (Lipinski definition) is 4. The predicted octanol–water partition coefficient (Wildman–Crippen LogP) is 5.50. The van der Waals surface area contributed by atoms with Gasteiger partial charge in [-0.25, -0.2) is 0 Å². The van der Waals surface area contributed by atoms with Crippen LogP contribution in [-0.2, 0) is 12.8 Å². The number of halogens is 1. The number of methoxy groups -OCH3 is 3. The molecule has 0 saturated carbocycles. The maximum Gasteiger partial charge on any atom is 0.203 e. The van der Waals surface area contributed by atoms with Crippen molar-refractivity contribution in [3.63, 3.8) is 0 Å². The van der Waals surface area contributed by atoms with Gasteiger partial charge < -0.3 is 18.6 Å². The van der Waals surface area contributed by atoms with Crippen LogP contribution in [0.5, 0.6) is 17.2 Å². The van der Waals surface area contributed by atoms with E-state index in [0.29, 0.717) is 17.2 Å². The van der Waals surface area contributed by atoms with Gasteiger partial charge >= 0.3 is 0 Å². The predicted molar refractivity (Wildman–Crippen MR) is 104 cm³/mol. The van der Waals surface area contributed by atoms with E-state index in [2.05, 4.69) is 34.1 Å². The molecule has 1 heterocycles. The number of furan rings is 1. The first-order chi connectivity index (χ1) is 12.7. The lowest BCUT2D eigenvalue weighted by atomic mass is 9.91. The lowest BCUT2D eigenvalue weighted by molar-refractivity contribution is 0.324. The summed E-state index contributed by atoms with van der Waals surface area (Å²) in [7, 11) is 4.82. The Morgan fingerprint density at radius 3 is 2.23 bits per heavy atom. The first-order valence-corrected chi connectivity index (χ1v) is 9.17. The zero-order valence-corrected chi connectivity index (χ0v) is 16.5. The first kappa shape index (κ1) is 17.0. The zero-order valence-electron chi connectivity index (χ0n) is 14.9. The van der Waals surface area contributed by atoms with E-state index in [9.17, 15) is 0 Å². The summed E-state index contributed by atoms with van der Waals surface area (Å²) in [4.78, 5) is 0. The molecule has 1 aliphatic carbocycles. The standard InChI is InChI=1S/C21H19BrO4/c1-23-16-10-13(11-17(24-2)21(16)25-3)19-18(22)15-9-8-12-6-4-5-7-14(12)20(15)26-19/h4-7,10-11H,8-9H2,1-3H3. The fraction of sp³-hybridized carbons (Fsp3) is 0.238. The average Bonchev–Trinajstić information content (AvgIpc) is 3.03. The van der Waals surface area contributed by atoms with Gasteiger partial charge in [0.25, 0.3) is 0 Å². The molecule has 26 heavy (non-hydrogen) atoms. The third-order valence-electron chi connectivity index (χ3n) is 4.78. The van der Waals surface area contributed by atoms with Gasteiger partial charge in [-0.3, -0.25) is 0 Å². The summed E-state index contributed by atoms with van der Waals surface area (Å²) in [5, 5.41) is 0. The average molecular weight is 415 g/mol. The van der Waals surface area contributed by atoms with Crippen LogP contribution in [0, 0.1) is 0 Å². The Labute approximate surface area is 160 Å². The van der Waals surface area contributed by atoms with Crippen molar-refractivity contribution in [3.8, 4) is 39.9 Å². The molecule has 2 aromatic carbocycles. The van der Waals surface area contributed by atoms with E-state index in [1.54, 1.807) is 21.3 Å². The molecule has 1 aromatic heterocycles. The number of hydrogen-bond donors (Lipinski definition) is 0. The lowest BCUT2D eigenvalue weighted by Gasteiger charge is -2.14. The second-order valence-electron chi connectivity index (χ2n) is 6.12. The van der Waals surface area contributed by atoms with E-state index >= 15 is 0 Å². The molecule has 0 aliphatic heterocycles. The van der Waals surface area contributed by atoms with Crippen LogP contribution in [0.1, 0.15) is 11.1 Å². The molecule has 0 N–H and O–H groups in total. The number of aryl methyl sites for hydroxylation is 1. The van der Waals surface area contributed by atoms with Gasteiger partial charge in [0.05, 0.1) is 25.8 Å². The van der Waals surface area contributed by atoms with Crippen molar-refractivity contribution in [2.24, 2.45) is 0 Å². The number of fused-ring (bicyclic) bond motifs is 3. The topological polar surface area (TPSA) is 40.8 Å². The van der Waals surface area contributed by atoms with Crippen molar-refractivity contribution in [3.05, 3.63) is 52.0 Å². The number of benzene rings is 2. The monoisotopic (exact) mass is 414 g/mol. The number of ether oxygens (including phenoxy) is 3. The molecule has 0 bridgehead atoms. The van der Waals surface area contributed by atoms with E-state index in [-0.39, 0.29) is 0 Å². The van der Waals surface area contributed by atoms with Crippen molar-refractivity contribution in [1.82, 2.24) is 0 Å². The smallest absolute Gasteiger partial charge is 0.203 e. The number of rotatable bonds is 4. The molecular weight excluding hydrogens is 396 g/mol. The molecule has 0 radical (unpaired) electrons. The maximum atomic E-state index is 6.32. The van der Waals surface area contributed by atoms with E-state index in [1.165, 1.54) is 11.1 Å². The Balaban J connectivity index is 1.90. The van der Waals surface area contributed by atoms with Crippen LogP contribution in [-0.4, -0.2) is 21.3 Å². The summed E-state index contributed by atoms with van der Waals surface area (Å²) in [6.45, 7) is 0. The van der Waals surface area contributed by atoms with Crippen LogP contribution in [0.15, 0.2) is 45.3 Å². The summed E-state index contributed by atoms with van der Waals surface area (Å²) in [5.74, 6) is 3.47. The molecule has 0 spiro atoms.